The van der Waals surface area contributed by atoms with E-state index >= 15 is 0 Å². The number of anilines is 1. The van der Waals surface area contributed by atoms with Crippen LogP contribution in [-0.2, 0) is 11.3 Å². The Morgan fingerprint density at radius 3 is 2.71 bits per heavy atom. The second kappa shape index (κ2) is 7.27. The molecule has 0 spiro atoms. The zero-order valence-electron chi connectivity index (χ0n) is 14.0. The summed E-state index contributed by atoms with van der Waals surface area (Å²) < 4.78 is 0. The van der Waals surface area contributed by atoms with Crippen LogP contribution in [0.1, 0.15) is 29.5 Å². The Bertz CT molecular complexity index is 710. The Morgan fingerprint density at radius 2 is 2.04 bits per heavy atom. The normalized spacial score (nSPS) is 16.2. The third kappa shape index (κ3) is 3.91. The molecule has 2 N–H and O–H groups in total. The highest BCUT2D eigenvalue weighted by atomic mass is 32.1. The molecule has 1 saturated heterocycles. The monoisotopic (exact) mass is 346 g/mol. The van der Waals surface area contributed by atoms with E-state index < -0.39 is 0 Å². The van der Waals surface area contributed by atoms with E-state index in [2.05, 4.69) is 33.4 Å². The largest absolute Gasteiger partial charge is 0.508 e. The van der Waals surface area contributed by atoms with Gasteiger partial charge in [-0.25, -0.2) is 0 Å². The van der Waals surface area contributed by atoms with Gasteiger partial charge in [0.2, 0.25) is 11.0 Å². The summed E-state index contributed by atoms with van der Waals surface area (Å²) in [6, 6.07) is 3.88. The number of rotatable bonds is 4. The van der Waals surface area contributed by atoms with Crippen LogP contribution in [0.5, 0.6) is 5.75 Å². The molecule has 1 aromatic heterocycles. The number of hydrogen-bond donors (Lipinski definition) is 2. The van der Waals surface area contributed by atoms with Crippen molar-refractivity contribution in [2.45, 2.75) is 33.2 Å². The number of aromatic hydroxyl groups is 1. The summed E-state index contributed by atoms with van der Waals surface area (Å²) >= 11 is 1.33. The van der Waals surface area contributed by atoms with Crippen molar-refractivity contribution in [3.8, 4) is 5.75 Å². The predicted molar refractivity (Wildman–Crippen MR) is 94.1 cm³/mol. The van der Waals surface area contributed by atoms with Gasteiger partial charge in [-0.2, -0.15) is 0 Å². The molecule has 1 aliphatic heterocycles. The lowest BCUT2D eigenvalue weighted by Crippen LogP contribution is -2.37. The maximum atomic E-state index is 12.2. The number of aryl methyl sites for hydroxylation is 2. The molecule has 0 aliphatic carbocycles. The summed E-state index contributed by atoms with van der Waals surface area (Å²) in [6.07, 6.45) is 1.63. The summed E-state index contributed by atoms with van der Waals surface area (Å²) in [5.74, 6) is 0.396. The second-order valence-electron chi connectivity index (χ2n) is 6.35. The molecule has 1 aliphatic rings. The quantitative estimate of drug-likeness (QED) is 0.890. The standard InChI is InChI=1S/C17H22N4O2S/c1-11-7-14(15(22)8-12(11)2)9-21-5-3-13(4-6-21)16(23)19-17-20-18-10-24-17/h7-8,10,13,22H,3-6,9H2,1-2H3,(H,19,20,23). The molecule has 24 heavy (non-hydrogen) atoms. The maximum Gasteiger partial charge on any atom is 0.229 e. The van der Waals surface area contributed by atoms with Crippen molar-refractivity contribution in [2.75, 3.05) is 18.4 Å². The molecule has 0 saturated carbocycles. The first-order valence-electron chi connectivity index (χ1n) is 8.11. The highest BCUT2D eigenvalue weighted by molar-refractivity contribution is 7.13. The van der Waals surface area contributed by atoms with Gasteiger partial charge in [-0.3, -0.25) is 9.69 Å². The number of phenols is 1. The molecule has 128 valence electrons. The van der Waals surface area contributed by atoms with E-state index in [4.69, 9.17) is 0 Å². The average Bonchev–Trinajstić information content (AvgIpc) is 3.06. The van der Waals surface area contributed by atoms with Crippen LogP contribution in [0.2, 0.25) is 0 Å². The zero-order valence-corrected chi connectivity index (χ0v) is 14.8. The van der Waals surface area contributed by atoms with Gasteiger partial charge in [0.25, 0.3) is 0 Å². The van der Waals surface area contributed by atoms with Crippen LogP contribution >= 0.6 is 11.3 Å². The van der Waals surface area contributed by atoms with E-state index in [1.54, 1.807) is 5.51 Å². The number of aromatic nitrogens is 2. The van der Waals surface area contributed by atoms with Crippen LogP contribution in [0, 0.1) is 19.8 Å². The van der Waals surface area contributed by atoms with E-state index in [0.717, 1.165) is 43.6 Å². The number of hydrogen-bond acceptors (Lipinski definition) is 6. The van der Waals surface area contributed by atoms with Crippen molar-refractivity contribution >= 4 is 22.4 Å². The molecule has 0 radical (unpaired) electrons. The molecule has 3 rings (SSSR count). The number of carbonyl (C=O) groups excluding carboxylic acids is 1. The van der Waals surface area contributed by atoms with Gasteiger partial charge in [-0.1, -0.05) is 17.4 Å². The Kier molecular flexibility index (Phi) is 5.11. The summed E-state index contributed by atoms with van der Waals surface area (Å²) in [7, 11) is 0. The lowest BCUT2D eigenvalue weighted by molar-refractivity contribution is -0.121. The van der Waals surface area contributed by atoms with E-state index in [9.17, 15) is 9.90 Å². The predicted octanol–water partition coefficient (Wildman–Crippen LogP) is 2.71. The number of phenolic OH excluding ortho intramolecular Hbond substituents is 1. The highest BCUT2D eigenvalue weighted by Crippen LogP contribution is 2.26. The van der Waals surface area contributed by atoms with Gasteiger partial charge in [0, 0.05) is 18.0 Å². The summed E-state index contributed by atoms with van der Waals surface area (Å²) in [5.41, 5.74) is 4.85. The molecule has 7 heteroatoms. The van der Waals surface area contributed by atoms with Gasteiger partial charge in [0.15, 0.2) is 0 Å². The van der Waals surface area contributed by atoms with E-state index in [1.165, 1.54) is 16.9 Å². The first kappa shape index (κ1) is 16.9. The maximum absolute atomic E-state index is 12.2. The number of benzene rings is 1. The topological polar surface area (TPSA) is 78.4 Å². The lowest BCUT2D eigenvalue weighted by Gasteiger charge is -2.31. The minimum atomic E-state index is 0.0125. The van der Waals surface area contributed by atoms with Crippen molar-refractivity contribution in [1.29, 1.82) is 0 Å². The smallest absolute Gasteiger partial charge is 0.229 e. The molecular formula is C17H22N4O2S. The molecule has 1 fully saturated rings. The van der Waals surface area contributed by atoms with Gasteiger partial charge in [0.05, 0.1) is 0 Å². The third-order valence-corrected chi connectivity index (χ3v) is 5.24. The van der Waals surface area contributed by atoms with Crippen LogP contribution < -0.4 is 5.32 Å². The molecular weight excluding hydrogens is 324 g/mol. The van der Waals surface area contributed by atoms with E-state index in [0.29, 0.717) is 10.9 Å². The first-order valence-corrected chi connectivity index (χ1v) is 8.99. The lowest BCUT2D eigenvalue weighted by atomic mass is 9.95. The Morgan fingerprint density at radius 1 is 1.33 bits per heavy atom. The van der Waals surface area contributed by atoms with Crippen LogP contribution in [-0.4, -0.2) is 39.2 Å². The fourth-order valence-corrected chi connectivity index (χ4v) is 3.46. The van der Waals surface area contributed by atoms with E-state index in [-0.39, 0.29) is 11.8 Å². The van der Waals surface area contributed by atoms with Crippen LogP contribution in [0.15, 0.2) is 17.6 Å². The van der Waals surface area contributed by atoms with Gasteiger partial charge in [0.1, 0.15) is 11.3 Å². The van der Waals surface area contributed by atoms with Crippen LogP contribution in [0.3, 0.4) is 0 Å². The van der Waals surface area contributed by atoms with Crippen molar-refractivity contribution < 1.29 is 9.90 Å². The fourth-order valence-electron chi connectivity index (χ4n) is 3.02. The van der Waals surface area contributed by atoms with Gasteiger partial charge in [-0.05, 0) is 57.0 Å². The summed E-state index contributed by atoms with van der Waals surface area (Å²) in [6.45, 7) is 6.47. The SMILES string of the molecule is Cc1cc(O)c(CN2CCC(C(=O)Nc3nncs3)CC2)cc1C. The number of likely N-dealkylation sites (tertiary alicyclic amines) is 1. The van der Waals surface area contributed by atoms with Crippen LogP contribution in [0.25, 0.3) is 0 Å². The van der Waals surface area contributed by atoms with Crippen molar-refractivity contribution in [1.82, 2.24) is 15.1 Å². The average molecular weight is 346 g/mol. The van der Waals surface area contributed by atoms with Gasteiger partial charge >= 0.3 is 0 Å². The Labute approximate surface area is 145 Å². The molecule has 0 unspecified atom stereocenters. The second-order valence-corrected chi connectivity index (χ2v) is 7.18. The molecule has 6 nitrogen and oxygen atoms in total. The zero-order chi connectivity index (χ0) is 17.1. The van der Waals surface area contributed by atoms with Gasteiger partial charge < -0.3 is 10.4 Å². The molecule has 2 heterocycles. The number of piperidine rings is 1. The third-order valence-electron chi connectivity index (χ3n) is 4.64. The summed E-state index contributed by atoms with van der Waals surface area (Å²) in [5, 5.41) is 21.1. The summed E-state index contributed by atoms with van der Waals surface area (Å²) in [4.78, 5) is 14.5. The molecule has 2 aromatic rings. The minimum absolute atomic E-state index is 0.0125. The number of carbonyl (C=O) groups is 1. The molecule has 1 amide bonds. The van der Waals surface area contributed by atoms with Crippen LogP contribution in [0.4, 0.5) is 5.13 Å². The number of nitrogens with zero attached hydrogens (tertiary/aromatic N) is 3. The fraction of sp³-hybridized carbons (Fsp3) is 0.471. The Hall–Kier alpha value is -1.99. The number of nitrogens with one attached hydrogen (secondary N) is 1. The van der Waals surface area contributed by atoms with Gasteiger partial charge in [-0.15, -0.1) is 10.2 Å². The van der Waals surface area contributed by atoms with Crippen molar-refractivity contribution in [2.24, 2.45) is 5.92 Å². The first-order chi connectivity index (χ1) is 11.5. The molecule has 0 atom stereocenters. The molecule has 1 aromatic carbocycles. The number of amides is 1. The highest BCUT2D eigenvalue weighted by Gasteiger charge is 2.26. The van der Waals surface area contributed by atoms with Crippen molar-refractivity contribution in [3.05, 3.63) is 34.3 Å². The Balaban J connectivity index is 1.54. The van der Waals surface area contributed by atoms with Crippen molar-refractivity contribution in [3.63, 3.8) is 0 Å². The minimum Gasteiger partial charge on any atom is -0.508 e. The molecule has 0 bridgehead atoms. The van der Waals surface area contributed by atoms with E-state index in [1.807, 2.05) is 13.0 Å².